The average molecular weight is 633 g/mol. The molecule has 2 amide bonds. The molecule has 0 aromatic carbocycles. The number of ether oxygens (including phenoxy) is 8. The number of carbonyl (C=O) groups excluding carboxylic acids is 6. The van der Waals surface area contributed by atoms with E-state index in [4.69, 9.17) is 37.9 Å². The Morgan fingerprint density at radius 1 is 0.591 bits per heavy atom. The summed E-state index contributed by atoms with van der Waals surface area (Å²) in [5.74, 6) is -3.21. The first-order valence-electron chi connectivity index (χ1n) is 14.0. The topological polar surface area (TPSA) is 200 Å². The summed E-state index contributed by atoms with van der Waals surface area (Å²) in [6.07, 6.45) is 1.33. The lowest BCUT2D eigenvalue weighted by Gasteiger charge is -2.18. The summed E-state index contributed by atoms with van der Waals surface area (Å²) in [6.45, 7) is 10.3. The number of hydrogen-bond acceptors (Lipinski definition) is 14. The first kappa shape index (κ1) is 39.8. The molecule has 0 saturated heterocycles. The van der Waals surface area contributed by atoms with Gasteiger partial charge >= 0.3 is 36.1 Å². The van der Waals surface area contributed by atoms with Crippen LogP contribution in [0.25, 0.3) is 0 Å². The Balaban J connectivity index is 3.88. The van der Waals surface area contributed by atoms with Gasteiger partial charge in [-0.3, -0.25) is 9.59 Å². The molecule has 2 unspecified atom stereocenters. The van der Waals surface area contributed by atoms with Crippen molar-refractivity contribution >= 4 is 36.1 Å². The molecule has 0 heterocycles. The lowest BCUT2D eigenvalue weighted by molar-refractivity contribution is -0.154. The molecule has 0 fully saturated rings. The third-order valence-electron chi connectivity index (χ3n) is 5.30. The number of amides is 2. The Bertz CT molecular complexity index is 911. The van der Waals surface area contributed by atoms with Crippen molar-refractivity contribution in [3.8, 4) is 0 Å². The van der Waals surface area contributed by atoms with E-state index in [0.29, 0.717) is 6.42 Å². The van der Waals surface area contributed by atoms with Crippen LogP contribution in [0.5, 0.6) is 0 Å². The molecule has 0 aliphatic rings. The van der Waals surface area contributed by atoms with Gasteiger partial charge in [-0.1, -0.05) is 27.0 Å². The number of esters is 4. The molecule has 0 aromatic heterocycles. The van der Waals surface area contributed by atoms with Crippen LogP contribution in [0, 0.1) is 11.8 Å². The van der Waals surface area contributed by atoms with Crippen LogP contribution in [0.1, 0.15) is 26.7 Å². The lowest BCUT2D eigenvalue weighted by Crippen LogP contribution is -2.29. The summed E-state index contributed by atoms with van der Waals surface area (Å²) in [5, 5.41) is 4.78. The number of carbonyl (C=O) groups is 6. The number of rotatable bonds is 25. The van der Waals surface area contributed by atoms with Gasteiger partial charge in [0, 0.05) is 12.2 Å². The summed E-state index contributed by atoms with van der Waals surface area (Å²) in [6, 6.07) is 0. The fourth-order valence-corrected chi connectivity index (χ4v) is 3.04. The SMILES string of the molecule is C=CC(=O)OCCNC(=O)OCCOCCOC(=O)C(C)CC(CC)C(=O)OCCOCCOC(=O)NCCOC(=O)C=C. The molecular formula is C28H44N2O14. The van der Waals surface area contributed by atoms with E-state index in [2.05, 4.69) is 23.8 Å². The van der Waals surface area contributed by atoms with Crippen molar-refractivity contribution in [3.63, 3.8) is 0 Å². The van der Waals surface area contributed by atoms with Crippen molar-refractivity contribution in [3.05, 3.63) is 25.3 Å². The lowest BCUT2D eigenvalue weighted by atomic mass is 9.94. The van der Waals surface area contributed by atoms with E-state index in [1.165, 1.54) is 0 Å². The second-order valence-corrected chi connectivity index (χ2v) is 8.67. The molecule has 0 bridgehead atoms. The van der Waals surface area contributed by atoms with Crippen LogP contribution in [0.4, 0.5) is 9.59 Å². The summed E-state index contributed by atoms with van der Waals surface area (Å²) >= 11 is 0. The van der Waals surface area contributed by atoms with Crippen LogP contribution in [0.15, 0.2) is 25.3 Å². The molecule has 16 nitrogen and oxygen atoms in total. The van der Waals surface area contributed by atoms with Gasteiger partial charge in [-0.2, -0.15) is 0 Å². The third-order valence-corrected chi connectivity index (χ3v) is 5.30. The quantitative estimate of drug-likeness (QED) is 0.0626. The Morgan fingerprint density at radius 2 is 1.00 bits per heavy atom. The zero-order valence-electron chi connectivity index (χ0n) is 25.3. The third kappa shape index (κ3) is 22.4. The fourth-order valence-electron chi connectivity index (χ4n) is 3.04. The minimum atomic E-state index is -0.699. The molecule has 250 valence electrons. The molecule has 16 heteroatoms. The van der Waals surface area contributed by atoms with Crippen molar-refractivity contribution in [1.82, 2.24) is 10.6 Å². The van der Waals surface area contributed by atoms with Crippen LogP contribution in [0.3, 0.4) is 0 Å². The molecule has 0 aliphatic heterocycles. The van der Waals surface area contributed by atoms with Gasteiger partial charge in [-0.05, 0) is 12.8 Å². The van der Waals surface area contributed by atoms with Crippen LogP contribution in [0.2, 0.25) is 0 Å². The van der Waals surface area contributed by atoms with Crippen molar-refractivity contribution in [1.29, 1.82) is 0 Å². The van der Waals surface area contributed by atoms with Gasteiger partial charge in [0.2, 0.25) is 0 Å². The van der Waals surface area contributed by atoms with Crippen LogP contribution < -0.4 is 10.6 Å². The molecule has 2 atom stereocenters. The van der Waals surface area contributed by atoms with Gasteiger partial charge in [0.05, 0.1) is 51.4 Å². The summed E-state index contributed by atoms with van der Waals surface area (Å²) < 4.78 is 40.1. The van der Waals surface area contributed by atoms with Crippen LogP contribution >= 0.6 is 0 Å². The van der Waals surface area contributed by atoms with E-state index >= 15 is 0 Å². The normalized spacial score (nSPS) is 11.6. The monoisotopic (exact) mass is 632 g/mol. The Labute approximate surface area is 256 Å². The second kappa shape index (κ2) is 26.4. The maximum Gasteiger partial charge on any atom is 0.407 e. The van der Waals surface area contributed by atoms with Crippen LogP contribution in [-0.4, -0.2) is 115 Å². The number of alkyl carbamates (subject to hydrolysis) is 2. The molecular weight excluding hydrogens is 588 g/mol. The van der Waals surface area contributed by atoms with Gasteiger partial charge < -0.3 is 48.5 Å². The first-order valence-corrected chi connectivity index (χ1v) is 14.0. The molecule has 0 aromatic rings. The predicted molar refractivity (Wildman–Crippen MR) is 152 cm³/mol. The van der Waals surface area contributed by atoms with E-state index in [1.54, 1.807) is 13.8 Å². The molecule has 0 saturated carbocycles. The molecule has 2 N–H and O–H groups in total. The van der Waals surface area contributed by atoms with E-state index < -0.39 is 47.9 Å². The summed E-state index contributed by atoms with van der Waals surface area (Å²) in [5.41, 5.74) is 0. The van der Waals surface area contributed by atoms with Gasteiger partial charge in [-0.15, -0.1) is 0 Å². The van der Waals surface area contributed by atoms with Gasteiger partial charge in [0.15, 0.2) is 0 Å². The maximum atomic E-state index is 12.4. The molecule has 0 radical (unpaired) electrons. The first-order chi connectivity index (χ1) is 21.1. The van der Waals surface area contributed by atoms with Crippen molar-refractivity contribution in [2.24, 2.45) is 11.8 Å². The zero-order valence-corrected chi connectivity index (χ0v) is 25.3. The zero-order chi connectivity index (χ0) is 33.0. The number of nitrogens with one attached hydrogen (secondary N) is 2. The second-order valence-electron chi connectivity index (χ2n) is 8.67. The van der Waals surface area contributed by atoms with Crippen molar-refractivity contribution in [2.75, 3.05) is 79.2 Å². The molecule has 0 aliphatic carbocycles. The van der Waals surface area contributed by atoms with Gasteiger partial charge in [0.1, 0.15) is 39.6 Å². The Morgan fingerprint density at radius 3 is 1.41 bits per heavy atom. The maximum absolute atomic E-state index is 12.4. The van der Waals surface area contributed by atoms with E-state index in [0.717, 1.165) is 12.2 Å². The smallest absolute Gasteiger partial charge is 0.407 e. The van der Waals surface area contributed by atoms with Gasteiger partial charge in [-0.25, -0.2) is 19.2 Å². The largest absolute Gasteiger partial charge is 0.463 e. The minimum absolute atomic E-state index is 0.0110. The highest BCUT2D eigenvalue weighted by Crippen LogP contribution is 2.18. The highest BCUT2D eigenvalue weighted by atomic mass is 16.6. The molecule has 44 heavy (non-hydrogen) atoms. The van der Waals surface area contributed by atoms with Crippen LogP contribution in [-0.2, 0) is 57.1 Å². The average Bonchev–Trinajstić information content (AvgIpc) is 3.02. The molecule has 0 rings (SSSR count). The van der Waals surface area contributed by atoms with E-state index in [-0.39, 0.29) is 85.6 Å². The highest BCUT2D eigenvalue weighted by Gasteiger charge is 2.25. The Hall–Kier alpha value is -4.18. The summed E-state index contributed by atoms with van der Waals surface area (Å²) in [4.78, 5) is 69.4. The van der Waals surface area contributed by atoms with E-state index in [9.17, 15) is 28.8 Å². The number of hydrogen-bond donors (Lipinski definition) is 2. The van der Waals surface area contributed by atoms with E-state index in [1.807, 2.05) is 0 Å². The standard InChI is InChI=1S/C28H44N2O14/c1-5-22(26(34)42-17-13-38-15-19-44-28(36)30-9-11-40-24(32)7-3)20-21(4)25(33)41-16-12-37-14-18-43-27(35)29-8-10-39-23(31)6-2/h6-7,21-22H,2-3,5,8-20H2,1,4H3,(H,29,35)(H,30,36). The van der Waals surface area contributed by atoms with Crippen molar-refractivity contribution < 1.29 is 66.7 Å². The minimum Gasteiger partial charge on any atom is -0.463 e. The van der Waals surface area contributed by atoms with Gasteiger partial charge in [0.25, 0.3) is 0 Å². The highest BCUT2D eigenvalue weighted by molar-refractivity contribution is 5.81. The molecule has 0 spiro atoms. The predicted octanol–water partition coefficient (Wildman–Crippen LogP) is 1.07. The van der Waals surface area contributed by atoms with Crippen molar-refractivity contribution in [2.45, 2.75) is 26.7 Å². The summed E-state index contributed by atoms with van der Waals surface area (Å²) in [7, 11) is 0. The fraction of sp³-hybridized carbons (Fsp3) is 0.643. The Kier molecular flexibility index (Phi) is 23.9.